The SMILES string of the molecule is CN(c1cnn(C)c1)C1CC(C(=O)Nc2nc3ccc(-c4cnc(CO[C@H]5CCC[C@@H]5O)nc4)cc3s2)C1. The van der Waals surface area contributed by atoms with Crippen molar-refractivity contribution < 1.29 is 14.6 Å². The van der Waals surface area contributed by atoms with Gasteiger partial charge in [0.25, 0.3) is 0 Å². The zero-order chi connectivity index (χ0) is 26.2. The molecule has 2 fully saturated rings. The van der Waals surface area contributed by atoms with Gasteiger partial charge in [-0.2, -0.15) is 5.10 Å². The van der Waals surface area contributed by atoms with Crippen LogP contribution in [0.1, 0.15) is 37.9 Å². The third-order valence-electron chi connectivity index (χ3n) is 7.63. The summed E-state index contributed by atoms with van der Waals surface area (Å²) in [5, 5.41) is 17.8. The Hall–Kier alpha value is -3.41. The van der Waals surface area contributed by atoms with E-state index >= 15 is 0 Å². The van der Waals surface area contributed by atoms with E-state index in [0.717, 1.165) is 59.1 Å². The number of aliphatic hydroxyl groups excluding tert-OH is 1. The fraction of sp³-hybridized carbons (Fsp3) is 0.444. The normalized spacial score (nSPS) is 22.9. The number of anilines is 2. The van der Waals surface area contributed by atoms with Crippen LogP contribution in [0, 0.1) is 5.92 Å². The fourth-order valence-corrected chi connectivity index (χ4v) is 6.05. The monoisotopic (exact) mass is 533 g/mol. The van der Waals surface area contributed by atoms with Crippen molar-refractivity contribution in [2.45, 2.75) is 57.0 Å². The van der Waals surface area contributed by atoms with E-state index in [-0.39, 0.29) is 24.0 Å². The van der Waals surface area contributed by atoms with Crippen LogP contribution in [0.4, 0.5) is 10.8 Å². The van der Waals surface area contributed by atoms with E-state index in [9.17, 15) is 9.90 Å². The highest BCUT2D eigenvalue weighted by atomic mass is 32.1. The van der Waals surface area contributed by atoms with E-state index in [1.807, 2.05) is 31.6 Å². The van der Waals surface area contributed by atoms with E-state index < -0.39 is 0 Å². The molecule has 0 unspecified atom stereocenters. The molecular formula is C27H31N7O3S. The summed E-state index contributed by atoms with van der Waals surface area (Å²) in [7, 11) is 3.95. The lowest BCUT2D eigenvalue weighted by atomic mass is 9.78. The summed E-state index contributed by atoms with van der Waals surface area (Å²) < 4.78 is 8.56. The molecule has 2 saturated carbocycles. The van der Waals surface area contributed by atoms with Gasteiger partial charge in [0.1, 0.15) is 6.61 Å². The summed E-state index contributed by atoms with van der Waals surface area (Å²) in [5.41, 5.74) is 3.79. The number of rotatable bonds is 8. The number of aryl methyl sites for hydroxylation is 1. The number of benzene rings is 1. The predicted molar refractivity (Wildman–Crippen MR) is 146 cm³/mol. The van der Waals surface area contributed by atoms with Crippen molar-refractivity contribution in [3.8, 4) is 11.1 Å². The van der Waals surface area contributed by atoms with Crippen molar-refractivity contribution in [2.75, 3.05) is 17.3 Å². The van der Waals surface area contributed by atoms with Crippen molar-refractivity contribution in [2.24, 2.45) is 13.0 Å². The van der Waals surface area contributed by atoms with Gasteiger partial charge in [0.15, 0.2) is 11.0 Å². The topological polar surface area (TPSA) is 118 Å². The molecule has 3 heterocycles. The van der Waals surface area contributed by atoms with E-state index in [0.29, 0.717) is 23.6 Å². The molecule has 10 nitrogen and oxygen atoms in total. The Kier molecular flexibility index (Phi) is 6.81. The van der Waals surface area contributed by atoms with Crippen molar-refractivity contribution in [3.05, 3.63) is 48.8 Å². The van der Waals surface area contributed by atoms with Crippen molar-refractivity contribution >= 4 is 38.3 Å². The first-order chi connectivity index (χ1) is 18.4. The summed E-state index contributed by atoms with van der Waals surface area (Å²) >= 11 is 1.47. The highest BCUT2D eigenvalue weighted by Gasteiger charge is 2.37. The van der Waals surface area contributed by atoms with Crippen LogP contribution in [-0.2, 0) is 23.2 Å². The summed E-state index contributed by atoms with van der Waals surface area (Å²) in [6, 6.07) is 6.33. The second-order valence-electron chi connectivity index (χ2n) is 10.2. The molecule has 4 aromatic rings. The van der Waals surface area contributed by atoms with Crippen LogP contribution < -0.4 is 10.2 Å². The first-order valence-electron chi connectivity index (χ1n) is 13.0. The third kappa shape index (κ3) is 5.13. The van der Waals surface area contributed by atoms with E-state index in [4.69, 9.17) is 4.74 Å². The van der Waals surface area contributed by atoms with Gasteiger partial charge < -0.3 is 20.1 Å². The van der Waals surface area contributed by atoms with Crippen LogP contribution >= 0.6 is 11.3 Å². The Bertz CT molecular complexity index is 1430. The fourth-order valence-electron chi connectivity index (χ4n) is 5.15. The Labute approximate surface area is 224 Å². The zero-order valence-electron chi connectivity index (χ0n) is 21.4. The molecule has 6 rings (SSSR count). The van der Waals surface area contributed by atoms with Crippen LogP contribution in [0.5, 0.6) is 0 Å². The van der Waals surface area contributed by atoms with Crippen LogP contribution in [0.15, 0.2) is 43.0 Å². The second kappa shape index (κ2) is 10.4. The minimum absolute atomic E-state index is 0.0155. The summed E-state index contributed by atoms with van der Waals surface area (Å²) in [5.74, 6) is 0.608. The van der Waals surface area contributed by atoms with Crippen LogP contribution in [0.2, 0.25) is 0 Å². The first kappa shape index (κ1) is 24.9. The largest absolute Gasteiger partial charge is 0.390 e. The Morgan fingerprint density at radius 1 is 1.21 bits per heavy atom. The molecular weight excluding hydrogens is 502 g/mol. The number of fused-ring (bicyclic) bond motifs is 1. The van der Waals surface area contributed by atoms with Gasteiger partial charge in [-0.15, -0.1) is 0 Å². The molecule has 2 aliphatic carbocycles. The maximum Gasteiger partial charge on any atom is 0.229 e. The van der Waals surface area contributed by atoms with Crippen molar-refractivity contribution in [1.82, 2.24) is 24.7 Å². The lowest BCUT2D eigenvalue weighted by molar-refractivity contribution is -0.122. The molecule has 11 heteroatoms. The molecule has 38 heavy (non-hydrogen) atoms. The van der Waals surface area contributed by atoms with Gasteiger partial charge in [0, 0.05) is 50.2 Å². The molecule has 2 atom stereocenters. The van der Waals surface area contributed by atoms with E-state index in [1.54, 1.807) is 17.1 Å². The summed E-state index contributed by atoms with van der Waals surface area (Å²) in [4.78, 5) is 28.5. The molecule has 198 valence electrons. The van der Waals surface area contributed by atoms with Crippen molar-refractivity contribution in [1.29, 1.82) is 0 Å². The van der Waals surface area contributed by atoms with Gasteiger partial charge in [-0.05, 0) is 49.8 Å². The second-order valence-corrected chi connectivity index (χ2v) is 11.3. The number of nitrogens with one attached hydrogen (secondary N) is 1. The van der Waals surface area contributed by atoms with Crippen LogP contribution in [0.3, 0.4) is 0 Å². The van der Waals surface area contributed by atoms with Gasteiger partial charge in [0.05, 0.1) is 34.3 Å². The standard InChI is InChI=1S/C27H31N7O3S/c1-33-14-20(13-30-33)34(2)19-8-17(9-19)26(36)32-27-31-21-7-6-16(10-24(21)38-27)18-11-28-25(29-12-18)15-37-23-5-3-4-22(23)35/h6-7,10-14,17,19,22-23,35H,3-5,8-9,15H2,1-2H3,(H,31,32,36)/t17?,19?,22-,23-/m0/s1. The lowest BCUT2D eigenvalue weighted by Gasteiger charge is -2.40. The lowest BCUT2D eigenvalue weighted by Crippen LogP contribution is -2.46. The number of amides is 1. The molecule has 2 aliphatic rings. The molecule has 0 bridgehead atoms. The highest BCUT2D eigenvalue weighted by Crippen LogP contribution is 2.36. The number of ether oxygens (including phenoxy) is 1. The van der Waals surface area contributed by atoms with Crippen LogP contribution in [-0.4, -0.2) is 61.0 Å². The van der Waals surface area contributed by atoms with Crippen LogP contribution in [0.25, 0.3) is 21.3 Å². The summed E-state index contributed by atoms with van der Waals surface area (Å²) in [6.07, 6.45) is 11.2. The molecule has 1 amide bonds. The number of carbonyl (C=O) groups is 1. The maximum absolute atomic E-state index is 12.8. The highest BCUT2D eigenvalue weighted by molar-refractivity contribution is 7.22. The third-order valence-corrected chi connectivity index (χ3v) is 8.57. The van der Waals surface area contributed by atoms with E-state index in [2.05, 4.69) is 43.4 Å². The minimum atomic E-state index is -0.389. The average molecular weight is 534 g/mol. The number of carbonyl (C=O) groups excluding carboxylic acids is 1. The minimum Gasteiger partial charge on any atom is -0.390 e. The van der Waals surface area contributed by atoms with Crippen molar-refractivity contribution in [3.63, 3.8) is 0 Å². The molecule has 1 aromatic carbocycles. The number of aliphatic hydroxyl groups is 1. The molecule has 0 radical (unpaired) electrons. The Morgan fingerprint density at radius 3 is 2.74 bits per heavy atom. The molecule has 3 aromatic heterocycles. The summed E-state index contributed by atoms with van der Waals surface area (Å²) in [6.45, 7) is 0.292. The van der Waals surface area contributed by atoms with E-state index in [1.165, 1.54) is 11.3 Å². The Balaban J connectivity index is 1.05. The zero-order valence-corrected chi connectivity index (χ0v) is 22.3. The Morgan fingerprint density at radius 2 is 2.03 bits per heavy atom. The molecule has 0 aliphatic heterocycles. The molecule has 2 N–H and O–H groups in total. The predicted octanol–water partition coefficient (Wildman–Crippen LogP) is 3.77. The van der Waals surface area contributed by atoms with Gasteiger partial charge in [-0.25, -0.2) is 15.0 Å². The number of thiazole rings is 1. The number of hydrogen-bond acceptors (Lipinski definition) is 9. The van der Waals surface area contributed by atoms with Gasteiger partial charge >= 0.3 is 0 Å². The van der Waals surface area contributed by atoms with Gasteiger partial charge in [-0.1, -0.05) is 17.4 Å². The average Bonchev–Trinajstić information content (AvgIpc) is 3.61. The quantitative estimate of drug-likeness (QED) is 0.351. The number of aromatic nitrogens is 5. The maximum atomic E-state index is 12.8. The first-order valence-corrected chi connectivity index (χ1v) is 13.8. The molecule has 0 spiro atoms. The van der Waals surface area contributed by atoms with Gasteiger partial charge in [0.2, 0.25) is 5.91 Å². The van der Waals surface area contributed by atoms with Gasteiger partial charge in [-0.3, -0.25) is 9.48 Å². The molecule has 0 saturated heterocycles. The smallest absolute Gasteiger partial charge is 0.229 e. The number of hydrogen-bond donors (Lipinski definition) is 2. The number of nitrogens with zero attached hydrogens (tertiary/aromatic N) is 6.